The number of halogens is 2. The van der Waals surface area contributed by atoms with E-state index in [4.69, 9.17) is 15.0 Å². The van der Waals surface area contributed by atoms with Crippen molar-refractivity contribution >= 4 is 23.3 Å². The summed E-state index contributed by atoms with van der Waals surface area (Å²) in [6, 6.07) is 10.7. The zero-order valence-electron chi connectivity index (χ0n) is 22.4. The Morgan fingerprint density at radius 1 is 1.27 bits per heavy atom. The van der Waals surface area contributed by atoms with E-state index in [1.165, 1.54) is 42.5 Å². The number of nitriles is 1. The number of aliphatic hydroxyl groups is 1. The molecule has 41 heavy (non-hydrogen) atoms. The van der Waals surface area contributed by atoms with Crippen molar-refractivity contribution in [3.05, 3.63) is 88.3 Å². The van der Waals surface area contributed by atoms with Crippen LogP contribution >= 0.6 is 11.3 Å². The highest BCUT2D eigenvalue weighted by molar-refractivity contribution is 7.10. The van der Waals surface area contributed by atoms with Crippen LogP contribution in [0.15, 0.2) is 60.5 Å². The molecule has 4 aromatic rings. The van der Waals surface area contributed by atoms with Gasteiger partial charge in [0.25, 0.3) is 6.33 Å². The van der Waals surface area contributed by atoms with Crippen LogP contribution in [-0.4, -0.2) is 50.8 Å². The molecular weight excluding hydrogens is 554 g/mol. The van der Waals surface area contributed by atoms with Gasteiger partial charge in [-0.3, -0.25) is 9.69 Å². The molecule has 0 bridgehead atoms. The number of H-pyrrole nitrogens is 1. The number of aromatic amines is 1. The minimum Gasteiger partial charge on any atom is -0.449 e. The van der Waals surface area contributed by atoms with E-state index in [2.05, 4.69) is 16.3 Å². The van der Waals surface area contributed by atoms with Crippen LogP contribution in [0, 0.1) is 23.0 Å². The average Bonchev–Trinajstić information content (AvgIpc) is 3.68. The zero-order chi connectivity index (χ0) is 29.7. The third-order valence-electron chi connectivity index (χ3n) is 6.93. The first-order valence-corrected chi connectivity index (χ1v) is 13.4. The lowest BCUT2D eigenvalue weighted by molar-refractivity contribution is -0.741. The molecule has 0 saturated heterocycles. The molecule has 0 fully saturated rings. The summed E-state index contributed by atoms with van der Waals surface area (Å²) in [4.78, 5) is 29.3. The second-order valence-corrected chi connectivity index (χ2v) is 10.3. The van der Waals surface area contributed by atoms with Crippen LogP contribution in [0.3, 0.4) is 0 Å². The lowest BCUT2D eigenvalue weighted by Crippen LogP contribution is -2.54. The maximum Gasteiger partial charge on any atom is 0.416 e. The minimum absolute atomic E-state index is 0.0632. The Kier molecular flexibility index (Phi) is 8.85. The molecule has 13 heteroatoms. The van der Waals surface area contributed by atoms with Crippen molar-refractivity contribution in [2.24, 2.45) is 0 Å². The molecule has 2 N–H and O–H groups in total. The van der Waals surface area contributed by atoms with Gasteiger partial charge in [0.2, 0.25) is 12.2 Å². The highest BCUT2D eigenvalue weighted by Gasteiger charge is 2.50. The van der Waals surface area contributed by atoms with E-state index in [0.29, 0.717) is 16.3 Å². The molecule has 0 aliphatic heterocycles. The van der Waals surface area contributed by atoms with E-state index >= 15 is 4.39 Å². The molecule has 3 atom stereocenters. The van der Waals surface area contributed by atoms with Crippen molar-refractivity contribution in [2.45, 2.75) is 37.8 Å². The number of benzene rings is 2. The first-order valence-electron chi connectivity index (χ1n) is 12.5. The lowest BCUT2D eigenvalue weighted by atomic mass is 9.75. The van der Waals surface area contributed by atoms with Gasteiger partial charge in [-0.2, -0.15) is 5.26 Å². The van der Waals surface area contributed by atoms with Crippen molar-refractivity contribution in [2.75, 3.05) is 13.7 Å². The van der Waals surface area contributed by atoms with Gasteiger partial charge in [-0.1, -0.05) is 19.1 Å². The van der Waals surface area contributed by atoms with Gasteiger partial charge in [-0.25, -0.2) is 23.1 Å². The van der Waals surface area contributed by atoms with Crippen LogP contribution in [0.25, 0.3) is 11.3 Å². The third-order valence-corrected chi connectivity index (χ3v) is 7.95. The molecule has 4 rings (SSSR count). The molecule has 0 aliphatic carbocycles. The molecular formula is C28H27F2N6O4S+. The number of thiazole rings is 1. The smallest absolute Gasteiger partial charge is 0.416 e. The van der Waals surface area contributed by atoms with Crippen LogP contribution in [0.4, 0.5) is 13.6 Å². The van der Waals surface area contributed by atoms with E-state index in [9.17, 15) is 19.1 Å². The van der Waals surface area contributed by atoms with Gasteiger partial charge in [0.05, 0.1) is 28.9 Å². The number of hydrogen-bond acceptors (Lipinski definition) is 8. The summed E-state index contributed by atoms with van der Waals surface area (Å²) < 4.78 is 36.6. The maximum absolute atomic E-state index is 15.4. The molecule has 2 aromatic carbocycles. The average molecular weight is 582 g/mol. The second-order valence-electron chi connectivity index (χ2n) is 9.38. The van der Waals surface area contributed by atoms with Gasteiger partial charge < -0.3 is 9.84 Å². The van der Waals surface area contributed by atoms with E-state index in [1.807, 2.05) is 0 Å². The van der Waals surface area contributed by atoms with E-state index < -0.39 is 41.2 Å². The Labute approximate surface area is 238 Å². The van der Waals surface area contributed by atoms with Gasteiger partial charge in [0.1, 0.15) is 23.3 Å². The van der Waals surface area contributed by atoms with Crippen LogP contribution in [0.1, 0.15) is 48.4 Å². The molecule has 0 aliphatic rings. The van der Waals surface area contributed by atoms with Crippen LogP contribution in [0.5, 0.6) is 0 Å². The Hall–Kier alpha value is -4.54. The van der Waals surface area contributed by atoms with Crippen molar-refractivity contribution in [3.8, 4) is 17.3 Å². The van der Waals surface area contributed by atoms with Gasteiger partial charge >= 0.3 is 6.09 Å². The fraction of sp³-hybridized carbons (Fsp3) is 0.286. The van der Waals surface area contributed by atoms with Crippen LogP contribution in [-0.2, 0) is 15.1 Å². The monoisotopic (exact) mass is 581 g/mol. The normalized spacial score (nSPS) is 14.0. The summed E-state index contributed by atoms with van der Waals surface area (Å²) in [5.74, 6) is -3.02. The minimum atomic E-state index is -2.13. The van der Waals surface area contributed by atoms with Gasteiger partial charge in [-0.15, -0.1) is 16.4 Å². The Morgan fingerprint density at radius 3 is 2.63 bits per heavy atom. The second kappa shape index (κ2) is 12.3. The number of ether oxygens (including phenoxy) is 1. The van der Waals surface area contributed by atoms with E-state index in [0.717, 1.165) is 28.7 Å². The number of aromatic nitrogens is 4. The summed E-state index contributed by atoms with van der Waals surface area (Å²) in [5, 5.41) is 30.4. The Bertz CT molecular complexity index is 1570. The number of hydrogen-bond donors (Lipinski definition) is 2. The molecule has 0 radical (unpaired) electrons. The molecule has 1 unspecified atom stereocenters. The highest BCUT2D eigenvalue weighted by atomic mass is 32.1. The predicted octanol–water partition coefficient (Wildman–Crippen LogP) is 4.21. The number of carbonyl (C=O) groups excluding carboxylic acids is 2. The lowest BCUT2D eigenvalue weighted by Gasteiger charge is -2.39. The molecule has 2 amide bonds. The zero-order valence-corrected chi connectivity index (χ0v) is 23.2. The summed E-state index contributed by atoms with van der Waals surface area (Å²) in [5.41, 5.74) is -0.632. The molecule has 0 saturated carbocycles. The van der Waals surface area contributed by atoms with Gasteiger partial charge in [0.15, 0.2) is 0 Å². The van der Waals surface area contributed by atoms with E-state index in [-0.39, 0.29) is 18.6 Å². The molecule has 10 nitrogen and oxygen atoms in total. The predicted molar refractivity (Wildman–Crippen MR) is 143 cm³/mol. The van der Waals surface area contributed by atoms with Crippen molar-refractivity contribution in [1.82, 2.24) is 20.1 Å². The summed E-state index contributed by atoms with van der Waals surface area (Å²) in [7, 11) is 1.27. The number of amides is 2. The highest BCUT2D eigenvalue weighted by Crippen LogP contribution is 2.46. The van der Waals surface area contributed by atoms with Crippen molar-refractivity contribution in [3.63, 3.8) is 0 Å². The van der Waals surface area contributed by atoms with Gasteiger partial charge in [-0.05, 0) is 30.3 Å². The van der Waals surface area contributed by atoms with Crippen LogP contribution < -0.4 is 4.57 Å². The molecule has 0 spiro atoms. The molecule has 2 aromatic heterocycles. The fourth-order valence-corrected chi connectivity index (χ4v) is 5.47. The van der Waals surface area contributed by atoms with Gasteiger partial charge in [0, 0.05) is 47.9 Å². The summed E-state index contributed by atoms with van der Waals surface area (Å²) in [6.07, 6.45) is 1.85. The molecule has 212 valence electrons. The quantitative estimate of drug-likeness (QED) is 0.283. The SMILES string of the molecule is CC(=O)N(C)C(=O)OCCC([n+]1cn[nH]c1)[C@](O)(c1cc(F)ccc1F)[C@@H](C)c1nc(-c2ccc(C#N)cc2)cs1. The third kappa shape index (κ3) is 6.13. The molecule has 2 heterocycles. The Balaban J connectivity index is 1.76. The largest absolute Gasteiger partial charge is 0.449 e. The van der Waals surface area contributed by atoms with Crippen molar-refractivity contribution < 1.29 is 32.8 Å². The van der Waals surface area contributed by atoms with Crippen molar-refractivity contribution in [1.29, 1.82) is 5.26 Å². The first kappa shape index (κ1) is 29.4. The first-order chi connectivity index (χ1) is 19.6. The van der Waals surface area contributed by atoms with Crippen LogP contribution in [0.2, 0.25) is 0 Å². The topological polar surface area (TPSA) is 136 Å². The summed E-state index contributed by atoms with van der Waals surface area (Å²) in [6.45, 7) is 2.59. The number of nitrogens with zero attached hydrogens (tertiary/aromatic N) is 5. The standard InChI is InChI=1S/C28H26F2N6O4S/c1-17(26-34-24(14-41-26)20-6-4-19(13-31)5-7-20)28(39,22-12-21(29)8-9-23(22)30)25(36-15-32-33-16-36)10-11-40-27(38)35(3)18(2)37/h4-9,12,14-17,25,39H,10-11H2,1-3H3/p+1/t17-,25?,28+/m0/s1. The van der Waals surface area contributed by atoms with E-state index in [1.54, 1.807) is 36.6 Å². The Morgan fingerprint density at radius 2 is 2.00 bits per heavy atom. The fourth-order valence-electron chi connectivity index (χ4n) is 4.51. The number of imide groups is 1. The number of nitrogens with one attached hydrogen (secondary N) is 1. The number of rotatable bonds is 9. The summed E-state index contributed by atoms with van der Waals surface area (Å²) >= 11 is 1.23. The maximum atomic E-state index is 15.4. The number of carbonyl (C=O) groups is 2.